The molecule has 0 bridgehead atoms. The largest absolute Gasteiger partial charge is 0.478 e. The molecule has 0 aliphatic rings. The first-order chi connectivity index (χ1) is 10.8. The molecule has 4 nitrogen and oxygen atoms in total. The van der Waals surface area contributed by atoms with E-state index in [1.165, 1.54) is 6.07 Å². The summed E-state index contributed by atoms with van der Waals surface area (Å²) >= 11 is 9.47. The lowest BCUT2D eigenvalue weighted by atomic mass is 9.99. The summed E-state index contributed by atoms with van der Waals surface area (Å²) in [6.45, 7) is 3.82. The Labute approximate surface area is 147 Å². The van der Waals surface area contributed by atoms with E-state index >= 15 is 0 Å². The molecule has 2 N–H and O–H groups in total. The van der Waals surface area contributed by atoms with Gasteiger partial charge in [0.05, 0.1) is 16.1 Å². The van der Waals surface area contributed by atoms with Gasteiger partial charge in [-0.25, -0.2) is 4.79 Å². The molecule has 0 heterocycles. The predicted molar refractivity (Wildman–Crippen MR) is 94.6 cm³/mol. The highest BCUT2D eigenvalue weighted by Crippen LogP contribution is 2.31. The lowest BCUT2D eigenvalue weighted by Gasteiger charge is -2.14. The number of aromatic carboxylic acids is 1. The molecule has 23 heavy (non-hydrogen) atoms. The Morgan fingerprint density at radius 1 is 1.17 bits per heavy atom. The second-order valence-corrected chi connectivity index (χ2v) is 6.55. The van der Waals surface area contributed by atoms with Gasteiger partial charge in [0.1, 0.15) is 0 Å². The van der Waals surface area contributed by atoms with Crippen molar-refractivity contribution in [2.45, 2.75) is 19.8 Å². The fourth-order valence-electron chi connectivity index (χ4n) is 2.14. The van der Waals surface area contributed by atoms with Crippen molar-refractivity contribution in [1.82, 2.24) is 0 Å². The van der Waals surface area contributed by atoms with Gasteiger partial charge in [0.15, 0.2) is 0 Å². The van der Waals surface area contributed by atoms with E-state index in [9.17, 15) is 14.7 Å². The number of benzene rings is 2. The Hall–Kier alpha value is -1.85. The molecule has 6 heteroatoms. The summed E-state index contributed by atoms with van der Waals surface area (Å²) in [4.78, 5) is 23.7. The molecule has 0 aliphatic heterocycles. The maximum Gasteiger partial charge on any atom is 0.337 e. The Morgan fingerprint density at radius 2 is 1.83 bits per heavy atom. The third-order valence-electron chi connectivity index (χ3n) is 3.33. The van der Waals surface area contributed by atoms with Crippen LogP contribution in [0.25, 0.3) is 0 Å². The maximum atomic E-state index is 12.4. The van der Waals surface area contributed by atoms with Crippen molar-refractivity contribution in [3.63, 3.8) is 0 Å². The third-order valence-corrected chi connectivity index (χ3v) is 4.44. The number of rotatable bonds is 4. The Kier molecular flexibility index (Phi) is 5.44. The van der Waals surface area contributed by atoms with Gasteiger partial charge in [0, 0.05) is 10.2 Å². The van der Waals surface area contributed by atoms with Crippen molar-refractivity contribution in [3.05, 3.63) is 62.6 Å². The van der Waals surface area contributed by atoms with E-state index in [0.717, 1.165) is 0 Å². The van der Waals surface area contributed by atoms with Gasteiger partial charge in [-0.15, -0.1) is 0 Å². The van der Waals surface area contributed by atoms with Crippen LogP contribution in [0.1, 0.15) is 46.0 Å². The first kappa shape index (κ1) is 17.5. The second kappa shape index (κ2) is 7.15. The van der Waals surface area contributed by atoms with Crippen LogP contribution in [0.3, 0.4) is 0 Å². The van der Waals surface area contributed by atoms with E-state index in [0.29, 0.717) is 21.3 Å². The van der Waals surface area contributed by atoms with Crippen molar-refractivity contribution in [3.8, 4) is 0 Å². The molecule has 2 aromatic rings. The van der Waals surface area contributed by atoms with E-state index < -0.39 is 5.97 Å². The van der Waals surface area contributed by atoms with Gasteiger partial charge < -0.3 is 10.4 Å². The quantitative estimate of drug-likeness (QED) is 0.748. The first-order valence-corrected chi connectivity index (χ1v) is 8.11. The summed E-state index contributed by atoms with van der Waals surface area (Å²) in [5.74, 6) is -1.43. The number of carbonyl (C=O) groups excluding carboxylic acids is 1. The molecule has 2 aromatic carbocycles. The van der Waals surface area contributed by atoms with Crippen LogP contribution >= 0.6 is 27.5 Å². The Balaban J connectivity index is 2.42. The number of hydrogen-bond donors (Lipinski definition) is 2. The molecular formula is C17H15BrClNO3. The van der Waals surface area contributed by atoms with Gasteiger partial charge in [-0.2, -0.15) is 0 Å². The lowest BCUT2D eigenvalue weighted by molar-refractivity contribution is 0.0696. The van der Waals surface area contributed by atoms with Crippen LogP contribution in [0, 0.1) is 0 Å². The molecule has 0 spiro atoms. The number of halogens is 2. The van der Waals surface area contributed by atoms with Crippen molar-refractivity contribution in [1.29, 1.82) is 0 Å². The molecule has 0 fully saturated rings. The zero-order chi connectivity index (χ0) is 17.1. The topological polar surface area (TPSA) is 66.4 Å². The van der Waals surface area contributed by atoms with E-state index in [-0.39, 0.29) is 22.4 Å². The number of anilines is 1. The zero-order valence-corrected chi connectivity index (χ0v) is 14.9. The molecule has 0 saturated carbocycles. The fraction of sp³-hybridized carbons (Fsp3) is 0.176. The number of nitrogens with one attached hydrogen (secondary N) is 1. The van der Waals surface area contributed by atoms with E-state index in [2.05, 4.69) is 21.2 Å². The molecule has 2 rings (SSSR count). The minimum absolute atomic E-state index is 0.0275. The standard InChI is InChI=1S/C17H15BrClNO3/c1-9(2)12-7-10(8-13(15(12)19)17(22)23)20-16(21)11-5-3-4-6-14(11)18/h3-9H,1-2H3,(H,20,21)(H,22,23). The normalized spacial score (nSPS) is 10.7. The fourth-order valence-corrected chi connectivity index (χ4v) is 3.01. The summed E-state index contributed by atoms with van der Waals surface area (Å²) in [6, 6.07) is 10.1. The molecule has 0 unspecified atom stereocenters. The second-order valence-electron chi connectivity index (χ2n) is 5.32. The van der Waals surface area contributed by atoms with Crippen LogP contribution in [0.4, 0.5) is 5.69 Å². The molecule has 120 valence electrons. The summed E-state index contributed by atoms with van der Waals surface area (Å²) in [5, 5.41) is 12.2. The number of carboxylic acids is 1. The molecular weight excluding hydrogens is 382 g/mol. The number of carbonyl (C=O) groups is 2. The van der Waals surface area contributed by atoms with E-state index in [1.54, 1.807) is 24.3 Å². The van der Waals surface area contributed by atoms with Gasteiger partial charge in [0.2, 0.25) is 0 Å². The smallest absolute Gasteiger partial charge is 0.337 e. The van der Waals surface area contributed by atoms with Crippen molar-refractivity contribution >= 4 is 45.1 Å². The average Bonchev–Trinajstić information content (AvgIpc) is 2.48. The Bertz CT molecular complexity index is 774. The zero-order valence-electron chi connectivity index (χ0n) is 12.6. The SMILES string of the molecule is CC(C)c1cc(NC(=O)c2ccccc2Br)cc(C(=O)O)c1Cl. The van der Waals surface area contributed by atoms with Crippen LogP contribution < -0.4 is 5.32 Å². The first-order valence-electron chi connectivity index (χ1n) is 6.94. The molecule has 0 aliphatic carbocycles. The van der Waals surface area contributed by atoms with Crippen LogP contribution in [0.2, 0.25) is 5.02 Å². The van der Waals surface area contributed by atoms with Gasteiger partial charge in [0.25, 0.3) is 5.91 Å². The molecule has 0 aromatic heterocycles. The lowest BCUT2D eigenvalue weighted by Crippen LogP contribution is -2.14. The minimum atomic E-state index is -1.13. The van der Waals surface area contributed by atoms with Crippen LogP contribution in [0.5, 0.6) is 0 Å². The van der Waals surface area contributed by atoms with Crippen molar-refractivity contribution in [2.75, 3.05) is 5.32 Å². The Morgan fingerprint density at radius 3 is 2.39 bits per heavy atom. The number of carboxylic acid groups (broad SMARTS) is 1. The molecule has 1 amide bonds. The molecule has 0 atom stereocenters. The highest BCUT2D eigenvalue weighted by Gasteiger charge is 2.18. The molecule has 0 radical (unpaired) electrons. The third kappa shape index (κ3) is 3.92. The van der Waals surface area contributed by atoms with Crippen molar-refractivity contribution in [2.24, 2.45) is 0 Å². The number of hydrogen-bond acceptors (Lipinski definition) is 2. The average molecular weight is 397 g/mol. The van der Waals surface area contributed by atoms with E-state index in [1.807, 2.05) is 19.9 Å². The monoisotopic (exact) mass is 395 g/mol. The van der Waals surface area contributed by atoms with Crippen LogP contribution in [-0.2, 0) is 0 Å². The summed E-state index contributed by atoms with van der Waals surface area (Å²) in [7, 11) is 0. The summed E-state index contributed by atoms with van der Waals surface area (Å²) in [6.07, 6.45) is 0. The minimum Gasteiger partial charge on any atom is -0.478 e. The number of amides is 1. The summed E-state index contributed by atoms with van der Waals surface area (Å²) < 4.78 is 0.661. The highest BCUT2D eigenvalue weighted by molar-refractivity contribution is 9.10. The highest BCUT2D eigenvalue weighted by atomic mass is 79.9. The summed E-state index contributed by atoms with van der Waals surface area (Å²) in [5.41, 5.74) is 1.51. The van der Waals surface area contributed by atoms with Gasteiger partial charge in [-0.1, -0.05) is 37.6 Å². The maximum absolute atomic E-state index is 12.4. The van der Waals surface area contributed by atoms with Gasteiger partial charge in [-0.05, 0) is 51.7 Å². The van der Waals surface area contributed by atoms with Gasteiger partial charge in [-0.3, -0.25) is 4.79 Å². The van der Waals surface area contributed by atoms with E-state index in [4.69, 9.17) is 11.6 Å². The van der Waals surface area contributed by atoms with Crippen LogP contribution in [0.15, 0.2) is 40.9 Å². The van der Waals surface area contributed by atoms with Crippen LogP contribution in [-0.4, -0.2) is 17.0 Å². The van der Waals surface area contributed by atoms with Gasteiger partial charge >= 0.3 is 5.97 Å². The molecule has 0 saturated heterocycles. The van der Waals surface area contributed by atoms with Crippen molar-refractivity contribution < 1.29 is 14.7 Å². The predicted octanol–water partition coefficient (Wildman–Crippen LogP) is 5.18.